The predicted molar refractivity (Wildman–Crippen MR) is 233 cm³/mol. The van der Waals surface area contributed by atoms with Crippen LogP contribution in [0.4, 0.5) is 4.79 Å². The van der Waals surface area contributed by atoms with Crippen molar-refractivity contribution in [1.29, 1.82) is 0 Å². The standard InChI is InChI=1S/C47H91NO8/c1-8-11-13-15-17-19-21-23-25-27-29-31-37-52-41-43(53-38-32-30-28-26-24-22-20-18-16-14-12-9-2)42-55-45(50)54-39-33-44(49)48-36-34-47(6,10-3)56-40-35-46(4,5)51-7/h10,43H,3,8-9,11-42H2,1-2,4-7H3,(H,48,49)/t43-,47?/m1/s1. The molecule has 0 radical (unpaired) electrons. The van der Waals surface area contributed by atoms with Crippen LogP contribution < -0.4 is 5.32 Å². The van der Waals surface area contributed by atoms with E-state index in [9.17, 15) is 9.59 Å². The molecular formula is C47H91NO8. The van der Waals surface area contributed by atoms with Crippen molar-refractivity contribution in [3.8, 4) is 0 Å². The predicted octanol–water partition coefficient (Wildman–Crippen LogP) is 12.6. The van der Waals surface area contributed by atoms with Gasteiger partial charge in [-0.3, -0.25) is 4.79 Å². The Kier molecular flexibility index (Phi) is 37.7. The van der Waals surface area contributed by atoms with Crippen LogP contribution in [0, 0.1) is 0 Å². The van der Waals surface area contributed by atoms with Gasteiger partial charge < -0.3 is 33.7 Å². The number of rotatable bonds is 43. The molecule has 0 aliphatic heterocycles. The highest BCUT2D eigenvalue weighted by Crippen LogP contribution is 2.20. The topological polar surface area (TPSA) is 102 Å². The molecular weight excluding hydrogens is 707 g/mol. The minimum atomic E-state index is -0.802. The number of carbonyl (C=O) groups excluding carboxylic acids is 2. The molecule has 0 aliphatic rings. The lowest BCUT2D eigenvalue weighted by molar-refractivity contribution is -0.122. The van der Waals surface area contributed by atoms with Crippen molar-refractivity contribution in [2.75, 3.05) is 53.3 Å². The van der Waals surface area contributed by atoms with Gasteiger partial charge in [-0.25, -0.2) is 4.79 Å². The second-order valence-corrected chi connectivity index (χ2v) is 16.7. The van der Waals surface area contributed by atoms with Crippen molar-refractivity contribution in [2.45, 2.75) is 225 Å². The van der Waals surface area contributed by atoms with Gasteiger partial charge in [-0.05, 0) is 46.5 Å². The zero-order chi connectivity index (χ0) is 41.4. The smallest absolute Gasteiger partial charge is 0.434 e. The molecule has 0 spiro atoms. The Balaban J connectivity index is 4.39. The molecule has 0 aromatic carbocycles. The second kappa shape index (κ2) is 38.8. The van der Waals surface area contributed by atoms with E-state index in [0.717, 1.165) is 25.7 Å². The minimum absolute atomic E-state index is 0.0455. The summed E-state index contributed by atoms with van der Waals surface area (Å²) in [7, 11) is 1.69. The summed E-state index contributed by atoms with van der Waals surface area (Å²) >= 11 is 0. The van der Waals surface area contributed by atoms with Crippen LogP contribution >= 0.6 is 0 Å². The molecule has 2 atom stereocenters. The van der Waals surface area contributed by atoms with Crippen LogP contribution in [0.5, 0.6) is 0 Å². The Morgan fingerprint density at radius 3 is 1.57 bits per heavy atom. The van der Waals surface area contributed by atoms with Crippen LogP contribution in [0.2, 0.25) is 0 Å². The van der Waals surface area contributed by atoms with Crippen LogP contribution in [0.3, 0.4) is 0 Å². The number of hydrogen-bond acceptors (Lipinski definition) is 8. The fourth-order valence-electron chi connectivity index (χ4n) is 6.43. The van der Waals surface area contributed by atoms with Crippen LogP contribution in [0.15, 0.2) is 12.7 Å². The lowest BCUT2D eigenvalue weighted by atomic mass is 10.0. The molecule has 0 fully saturated rings. The molecule has 0 saturated carbocycles. The fourth-order valence-corrected chi connectivity index (χ4v) is 6.43. The fraction of sp³-hybridized carbons (Fsp3) is 0.915. The number of nitrogens with one attached hydrogen (secondary N) is 1. The summed E-state index contributed by atoms with van der Waals surface area (Å²) in [6.07, 6.45) is 33.1. The van der Waals surface area contributed by atoms with E-state index in [-0.39, 0.29) is 37.2 Å². The first kappa shape index (κ1) is 54.3. The summed E-state index contributed by atoms with van der Waals surface area (Å²) in [5.74, 6) is -0.209. The molecule has 0 bridgehead atoms. The Labute approximate surface area is 345 Å². The summed E-state index contributed by atoms with van der Waals surface area (Å²) in [6, 6.07) is 0. The maximum Gasteiger partial charge on any atom is 0.508 e. The Morgan fingerprint density at radius 2 is 1.09 bits per heavy atom. The van der Waals surface area contributed by atoms with Crippen molar-refractivity contribution < 1.29 is 38.0 Å². The van der Waals surface area contributed by atoms with Crippen molar-refractivity contribution in [3.63, 3.8) is 0 Å². The average Bonchev–Trinajstić information content (AvgIpc) is 3.18. The first-order valence-electron chi connectivity index (χ1n) is 23.2. The zero-order valence-corrected chi connectivity index (χ0v) is 37.7. The van der Waals surface area contributed by atoms with E-state index in [1.807, 2.05) is 20.8 Å². The van der Waals surface area contributed by atoms with Gasteiger partial charge in [0.25, 0.3) is 0 Å². The summed E-state index contributed by atoms with van der Waals surface area (Å²) in [4.78, 5) is 24.8. The Morgan fingerprint density at radius 1 is 0.607 bits per heavy atom. The third-order valence-electron chi connectivity index (χ3n) is 10.8. The lowest BCUT2D eigenvalue weighted by Crippen LogP contribution is -2.35. The second-order valence-electron chi connectivity index (χ2n) is 16.7. The SMILES string of the molecule is C=CC(C)(CCNC(=O)CCOC(=O)OC[C@@H](COCCCCCCCCCCCCCC)OCCCCCCCCCCCCCC)OCCC(C)(C)OC. The van der Waals surface area contributed by atoms with Gasteiger partial charge in [-0.1, -0.05) is 161 Å². The number of hydrogen-bond donors (Lipinski definition) is 1. The van der Waals surface area contributed by atoms with E-state index in [0.29, 0.717) is 39.4 Å². The zero-order valence-electron chi connectivity index (χ0n) is 37.7. The van der Waals surface area contributed by atoms with E-state index in [1.165, 1.54) is 135 Å². The minimum Gasteiger partial charge on any atom is -0.434 e. The van der Waals surface area contributed by atoms with Gasteiger partial charge in [0.05, 0.1) is 30.8 Å². The van der Waals surface area contributed by atoms with Crippen LogP contribution in [0.1, 0.15) is 208 Å². The first-order chi connectivity index (χ1) is 27.1. The summed E-state index contributed by atoms with van der Waals surface area (Å²) < 4.78 is 34.2. The maximum absolute atomic E-state index is 12.4. The number of carbonyl (C=O) groups is 2. The molecule has 0 aromatic rings. The summed E-state index contributed by atoms with van der Waals surface area (Å²) in [6.45, 7) is 17.0. The third kappa shape index (κ3) is 36.6. The largest absolute Gasteiger partial charge is 0.508 e. The number of amides is 1. The molecule has 1 unspecified atom stereocenters. The summed E-state index contributed by atoms with van der Waals surface area (Å²) in [5.41, 5.74) is -0.837. The van der Waals surface area contributed by atoms with Gasteiger partial charge in [0.15, 0.2) is 0 Å². The van der Waals surface area contributed by atoms with E-state index >= 15 is 0 Å². The van der Waals surface area contributed by atoms with Gasteiger partial charge in [0.2, 0.25) is 5.91 Å². The van der Waals surface area contributed by atoms with Crippen LogP contribution in [0.25, 0.3) is 0 Å². The van der Waals surface area contributed by atoms with Crippen molar-refractivity contribution in [2.24, 2.45) is 0 Å². The van der Waals surface area contributed by atoms with E-state index < -0.39 is 11.8 Å². The highest BCUT2D eigenvalue weighted by molar-refractivity contribution is 5.76. The Bertz CT molecular complexity index is 899. The molecule has 0 rings (SSSR count). The molecule has 0 heterocycles. The normalized spacial score (nSPS) is 13.3. The molecule has 0 saturated heterocycles. The van der Waals surface area contributed by atoms with Crippen LogP contribution in [-0.4, -0.2) is 82.7 Å². The lowest BCUT2D eigenvalue weighted by Gasteiger charge is -2.29. The molecule has 0 aromatic heterocycles. The molecule has 1 N–H and O–H groups in total. The van der Waals surface area contributed by atoms with Gasteiger partial charge in [-0.15, -0.1) is 6.58 Å². The molecule has 9 nitrogen and oxygen atoms in total. The van der Waals surface area contributed by atoms with Crippen molar-refractivity contribution >= 4 is 12.1 Å². The molecule has 1 amide bonds. The Hall–Kier alpha value is -1.68. The monoisotopic (exact) mass is 798 g/mol. The number of ether oxygens (including phenoxy) is 6. The number of unbranched alkanes of at least 4 members (excludes halogenated alkanes) is 22. The van der Waals surface area contributed by atoms with Crippen LogP contribution in [-0.2, 0) is 33.2 Å². The van der Waals surface area contributed by atoms with E-state index in [1.54, 1.807) is 13.2 Å². The quantitative estimate of drug-likeness (QED) is 0.0370. The van der Waals surface area contributed by atoms with E-state index in [2.05, 4.69) is 25.7 Å². The molecule has 0 aliphatic carbocycles. The highest BCUT2D eigenvalue weighted by atomic mass is 16.7. The van der Waals surface area contributed by atoms with Gasteiger partial charge in [0, 0.05) is 26.9 Å². The number of methoxy groups -OCH3 is 1. The first-order valence-corrected chi connectivity index (χ1v) is 23.2. The van der Waals surface area contributed by atoms with Crippen molar-refractivity contribution in [3.05, 3.63) is 12.7 Å². The van der Waals surface area contributed by atoms with E-state index in [4.69, 9.17) is 28.4 Å². The third-order valence-corrected chi connectivity index (χ3v) is 10.8. The summed E-state index contributed by atoms with van der Waals surface area (Å²) in [5, 5.41) is 2.87. The molecule has 332 valence electrons. The molecule has 56 heavy (non-hydrogen) atoms. The van der Waals surface area contributed by atoms with Crippen molar-refractivity contribution in [1.82, 2.24) is 5.32 Å². The van der Waals surface area contributed by atoms with Gasteiger partial charge in [0.1, 0.15) is 19.3 Å². The average molecular weight is 798 g/mol. The highest BCUT2D eigenvalue weighted by Gasteiger charge is 2.24. The molecule has 9 heteroatoms. The van der Waals surface area contributed by atoms with Gasteiger partial charge in [-0.2, -0.15) is 0 Å². The maximum atomic E-state index is 12.4. The van der Waals surface area contributed by atoms with Gasteiger partial charge >= 0.3 is 6.16 Å².